The van der Waals surface area contributed by atoms with Crippen molar-refractivity contribution in [3.8, 4) is 5.75 Å². The lowest BCUT2D eigenvalue weighted by atomic mass is 9.74. The fourth-order valence-corrected chi connectivity index (χ4v) is 3.86. The number of piperidine rings is 1. The number of hydrogen-bond acceptors (Lipinski definition) is 5. The summed E-state index contributed by atoms with van der Waals surface area (Å²) in [5.74, 6) is -0.485. The van der Waals surface area contributed by atoms with Crippen molar-refractivity contribution in [1.29, 1.82) is 0 Å². The summed E-state index contributed by atoms with van der Waals surface area (Å²) in [4.78, 5) is 25.8. The quantitative estimate of drug-likeness (QED) is 0.613. The van der Waals surface area contributed by atoms with Crippen LogP contribution in [0.5, 0.6) is 5.75 Å². The number of rotatable bonds is 8. The molecule has 7 heteroatoms. The largest absolute Gasteiger partial charge is 0.484 e. The van der Waals surface area contributed by atoms with E-state index in [-0.39, 0.29) is 18.1 Å². The van der Waals surface area contributed by atoms with Crippen LogP contribution in [0, 0.1) is 5.41 Å². The van der Waals surface area contributed by atoms with Gasteiger partial charge in [-0.25, -0.2) is 0 Å². The minimum Gasteiger partial charge on any atom is -0.484 e. The van der Waals surface area contributed by atoms with Crippen LogP contribution in [0.25, 0.3) is 0 Å². The van der Waals surface area contributed by atoms with Crippen molar-refractivity contribution in [2.45, 2.75) is 65.1 Å². The van der Waals surface area contributed by atoms with E-state index in [0.29, 0.717) is 44.6 Å². The molecule has 0 radical (unpaired) electrons. The number of carboxylic acids is 1. The first kappa shape index (κ1) is 23.2. The molecule has 7 nitrogen and oxygen atoms in total. The number of nitrogens with one attached hydrogen (secondary N) is 1. The second-order valence-corrected chi connectivity index (χ2v) is 8.96. The molecule has 1 aliphatic heterocycles. The van der Waals surface area contributed by atoms with Crippen molar-refractivity contribution in [1.82, 2.24) is 10.2 Å². The van der Waals surface area contributed by atoms with Crippen molar-refractivity contribution in [2.75, 3.05) is 19.7 Å². The van der Waals surface area contributed by atoms with Gasteiger partial charge in [-0.05, 0) is 51.3 Å². The number of ether oxygens (including phenoxy) is 1. The molecular weight excluding hydrogens is 372 g/mol. The summed E-state index contributed by atoms with van der Waals surface area (Å²) in [5, 5.41) is 23.0. The zero-order valence-corrected chi connectivity index (χ0v) is 17.9. The molecular formula is C22H34N2O5. The summed E-state index contributed by atoms with van der Waals surface area (Å²) in [6.07, 6.45) is 0.817. The van der Waals surface area contributed by atoms with Gasteiger partial charge in [0.25, 0.3) is 5.91 Å². The minimum absolute atomic E-state index is 0.0429. The van der Waals surface area contributed by atoms with Gasteiger partial charge in [-0.15, -0.1) is 0 Å². The van der Waals surface area contributed by atoms with Gasteiger partial charge in [0.05, 0.1) is 6.10 Å². The van der Waals surface area contributed by atoms with Gasteiger partial charge >= 0.3 is 5.97 Å². The van der Waals surface area contributed by atoms with E-state index >= 15 is 0 Å². The number of benzene rings is 1. The molecule has 2 rings (SSSR count). The predicted octanol–water partition coefficient (Wildman–Crippen LogP) is 2.42. The molecule has 0 aliphatic carbocycles. The number of carboxylic acid groups (broad SMARTS) is 1. The molecule has 1 saturated heterocycles. The van der Waals surface area contributed by atoms with Crippen LogP contribution in [0.15, 0.2) is 24.3 Å². The number of likely N-dealkylation sites (tertiary alicyclic amines) is 1. The molecule has 3 N–H and O–H groups in total. The van der Waals surface area contributed by atoms with Crippen molar-refractivity contribution >= 4 is 11.9 Å². The van der Waals surface area contributed by atoms with Crippen molar-refractivity contribution in [3.63, 3.8) is 0 Å². The van der Waals surface area contributed by atoms with E-state index in [0.717, 1.165) is 5.56 Å². The number of carbonyl (C=O) groups is 2. The van der Waals surface area contributed by atoms with Crippen LogP contribution >= 0.6 is 0 Å². The molecule has 162 valence electrons. The minimum atomic E-state index is -1.10. The zero-order valence-electron chi connectivity index (χ0n) is 17.9. The Hall–Kier alpha value is -2.12. The van der Waals surface area contributed by atoms with Gasteiger partial charge < -0.3 is 20.3 Å². The lowest BCUT2D eigenvalue weighted by Crippen LogP contribution is -2.55. The summed E-state index contributed by atoms with van der Waals surface area (Å²) in [7, 11) is 0. The van der Waals surface area contributed by atoms with Gasteiger partial charge in [0, 0.05) is 25.2 Å². The maximum Gasteiger partial charge on any atom is 0.313 e. The van der Waals surface area contributed by atoms with E-state index in [1.54, 1.807) is 0 Å². The maximum absolute atomic E-state index is 11.9. The first-order valence-electron chi connectivity index (χ1n) is 10.2. The number of aliphatic carboxylic acids is 1. The lowest BCUT2D eigenvalue weighted by molar-refractivity contribution is -0.164. The van der Waals surface area contributed by atoms with E-state index < -0.39 is 17.5 Å². The number of aliphatic hydroxyl groups is 1. The highest BCUT2D eigenvalue weighted by Gasteiger charge is 2.48. The fourth-order valence-electron chi connectivity index (χ4n) is 3.86. The molecule has 1 fully saturated rings. The van der Waals surface area contributed by atoms with Crippen LogP contribution in [-0.4, -0.2) is 58.3 Å². The highest BCUT2D eigenvalue weighted by atomic mass is 16.5. The number of hydrogen-bond donors (Lipinski definition) is 3. The average molecular weight is 407 g/mol. The van der Waals surface area contributed by atoms with Crippen LogP contribution in [0.2, 0.25) is 0 Å². The summed E-state index contributed by atoms with van der Waals surface area (Å²) in [6.45, 7) is 9.25. The third kappa shape index (κ3) is 6.44. The molecule has 29 heavy (non-hydrogen) atoms. The Morgan fingerprint density at radius 2 is 1.93 bits per heavy atom. The molecule has 1 amide bonds. The van der Waals surface area contributed by atoms with Crippen LogP contribution in [0.4, 0.5) is 0 Å². The molecule has 0 unspecified atom stereocenters. The van der Waals surface area contributed by atoms with E-state index in [1.165, 1.54) is 0 Å². The van der Waals surface area contributed by atoms with Crippen LogP contribution in [0.1, 0.15) is 52.5 Å². The van der Waals surface area contributed by atoms with Gasteiger partial charge in [0.1, 0.15) is 11.2 Å². The third-order valence-corrected chi connectivity index (χ3v) is 5.20. The molecule has 1 aliphatic rings. The normalized spacial score (nSPS) is 22.9. The lowest BCUT2D eigenvalue weighted by Gasteiger charge is -2.43. The Morgan fingerprint density at radius 3 is 2.48 bits per heavy atom. The number of amides is 1. The summed E-state index contributed by atoms with van der Waals surface area (Å²) in [6, 6.07) is 7.47. The first-order valence-corrected chi connectivity index (χ1v) is 10.2. The van der Waals surface area contributed by atoms with Gasteiger partial charge in [0.2, 0.25) is 0 Å². The smallest absolute Gasteiger partial charge is 0.313 e. The second-order valence-electron chi connectivity index (χ2n) is 8.96. The Kier molecular flexibility index (Phi) is 7.66. The summed E-state index contributed by atoms with van der Waals surface area (Å²) in [5.41, 5.74) is -0.366. The van der Waals surface area contributed by atoms with Gasteiger partial charge in [-0.1, -0.05) is 25.5 Å². The second kappa shape index (κ2) is 9.59. The Bertz CT molecular complexity index is 698. The van der Waals surface area contributed by atoms with E-state index in [1.807, 2.05) is 52.0 Å². The molecule has 0 bridgehead atoms. The molecule has 1 aromatic carbocycles. The summed E-state index contributed by atoms with van der Waals surface area (Å²) >= 11 is 0. The van der Waals surface area contributed by atoms with Crippen molar-refractivity contribution in [3.05, 3.63) is 29.8 Å². The Labute approximate surface area is 173 Å². The van der Waals surface area contributed by atoms with Crippen LogP contribution in [0.3, 0.4) is 0 Å². The highest BCUT2D eigenvalue weighted by Crippen LogP contribution is 2.36. The van der Waals surface area contributed by atoms with E-state index in [2.05, 4.69) is 10.2 Å². The number of nitrogens with zero attached hydrogens (tertiary/aromatic N) is 1. The van der Waals surface area contributed by atoms with Crippen LogP contribution < -0.4 is 10.1 Å². The average Bonchev–Trinajstić information content (AvgIpc) is 2.62. The highest BCUT2D eigenvalue weighted by molar-refractivity contribution is 5.78. The Morgan fingerprint density at radius 1 is 1.28 bits per heavy atom. The standard InChI is InChI=1S/C22H34N2O5/c1-5-11-22(20(27)28)15-24(12-10-18(22)25)13-16-6-8-17(9-7-16)29-14-19(26)23-21(2,3)4/h6-9,18,25H,5,10-15H2,1-4H3,(H,23,26)(H,27,28)/t18-,22+/m0/s1. The van der Waals surface area contributed by atoms with E-state index in [4.69, 9.17) is 4.74 Å². The van der Waals surface area contributed by atoms with Gasteiger partial charge in [-0.3, -0.25) is 14.5 Å². The topological polar surface area (TPSA) is 99.1 Å². The van der Waals surface area contributed by atoms with E-state index in [9.17, 15) is 19.8 Å². The van der Waals surface area contributed by atoms with Gasteiger partial charge in [-0.2, -0.15) is 0 Å². The van der Waals surface area contributed by atoms with Crippen molar-refractivity contribution in [2.24, 2.45) is 5.41 Å². The first-order chi connectivity index (χ1) is 13.6. The predicted molar refractivity (Wildman–Crippen MR) is 111 cm³/mol. The molecule has 1 heterocycles. The maximum atomic E-state index is 11.9. The number of carbonyl (C=O) groups excluding carboxylic acids is 1. The zero-order chi connectivity index (χ0) is 21.7. The van der Waals surface area contributed by atoms with Crippen LogP contribution in [-0.2, 0) is 16.1 Å². The molecule has 2 atom stereocenters. The molecule has 1 aromatic rings. The Balaban J connectivity index is 1.94. The molecule has 0 saturated carbocycles. The monoisotopic (exact) mass is 406 g/mol. The molecule has 0 spiro atoms. The third-order valence-electron chi connectivity index (χ3n) is 5.20. The SMILES string of the molecule is CCC[C@@]1(C(=O)O)CN(Cc2ccc(OCC(=O)NC(C)(C)C)cc2)CC[C@@H]1O. The van der Waals surface area contributed by atoms with Gasteiger partial charge in [0.15, 0.2) is 6.61 Å². The van der Waals surface area contributed by atoms with Crippen molar-refractivity contribution < 1.29 is 24.5 Å². The number of aliphatic hydroxyl groups excluding tert-OH is 1. The summed E-state index contributed by atoms with van der Waals surface area (Å²) < 4.78 is 5.53. The molecule has 0 aromatic heterocycles. The fraction of sp³-hybridized carbons (Fsp3) is 0.636.